The Morgan fingerprint density at radius 1 is 1.07 bits per heavy atom. The summed E-state index contributed by atoms with van der Waals surface area (Å²) < 4.78 is 0.772. The fourth-order valence-electron chi connectivity index (χ4n) is 2.41. The number of anilines is 2. The molecule has 2 aromatic carbocycles. The molecule has 0 radical (unpaired) electrons. The molecular weight excluding hydrogens is 376 g/mol. The number of amides is 1. The van der Waals surface area contributed by atoms with Crippen molar-refractivity contribution >= 4 is 39.8 Å². The van der Waals surface area contributed by atoms with E-state index in [2.05, 4.69) is 40.7 Å². The van der Waals surface area contributed by atoms with Gasteiger partial charge in [-0.15, -0.1) is 10.2 Å². The van der Waals surface area contributed by atoms with Crippen LogP contribution < -0.4 is 10.6 Å². The van der Waals surface area contributed by atoms with E-state index in [1.165, 1.54) is 39.8 Å². The molecule has 0 atom stereocenters. The Balaban J connectivity index is 1.48. The van der Waals surface area contributed by atoms with Crippen LogP contribution in [-0.2, 0) is 11.3 Å². The Labute approximate surface area is 167 Å². The quantitative estimate of drug-likeness (QED) is 0.569. The van der Waals surface area contributed by atoms with E-state index in [1.807, 2.05) is 43.3 Å². The van der Waals surface area contributed by atoms with Crippen LogP contribution in [0.15, 0.2) is 46.8 Å². The van der Waals surface area contributed by atoms with Gasteiger partial charge < -0.3 is 10.6 Å². The van der Waals surface area contributed by atoms with Gasteiger partial charge in [-0.05, 0) is 43.5 Å². The molecule has 0 bridgehead atoms. The maximum atomic E-state index is 12.0. The second-order valence-corrected chi connectivity index (χ2v) is 8.50. The van der Waals surface area contributed by atoms with E-state index in [0.717, 1.165) is 20.7 Å². The van der Waals surface area contributed by atoms with E-state index in [9.17, 15) is 4.79 Å². The van der Waals surface area contributed by atoms with E-state index in [0.29, 0.717) is 12.3 Å². The number of benzene rings is 2. The fourth-order valence-corrected chi connectivity index (χ4v) is 4.00. The average molecular weight is 399 g/mol. The molecule has 0 fully saturated rings. The molecule has 27 heavy (non-hydrogen) atoms. The molecule has 7 heteroatoms. The predicted molar refractivity (Wildman–Crippen MR) is 113 cm³/mol. The van der Waals surface area contributed by atoms with Gasteiger partial charge >= 0.3 is 0 Å². The number of rotatable bonds is 7. The minimum absolute atomic E-state index is 0.0141. The topological polar surface area (TPSA) is 66.9 Å². The molecule has 1 amide bonds. The predicted octanol–water partition coefficient (Wildman–Crippen LogP) is 4.62. The number of hydrogen-bond acceptors (Lipinski definition) is 6. The molecule has 1 aromatic heterocycles. The lowest BCUT2D eigenvalue weighted by Crippen LogP contribution is -2.24. The van der Waals surface area contributed by atoms with Crippen LogP contribution in [0.5, 0.6) is 0 Å². The Bertz CT molecular complexity index is 922. The highest BCUT2D eigenvalue weighted by molar-refractivity contribution is 8.01. The number of thioether (sulfide) groups is 1. The Kier molecular flexibility index (Phi) is 6.47. The summed E-state index contributed by atoms with van der Waals surface area (Å²) in [7, 11) is 0. The first kappa shape index (κ1) is 19.4. The van der Waals surface area contributed by atoms with Crippen LogP contribution >= 0.6 is 23.1 Å². The monoisotopic (exact) mass is 398 g/mol. The number of aromatic nitrogens is 2. The summed E-state index contributed by atoms with van der Waals surface area (Å²) >= 11 is 2.85. The van der Waals surface area contributed by atoms with Gasteiger partial charge in [-0.3, -0.25) is 4.79 Å². The van der Waals surface area contributed by atoms with Crippen molar-refractivity contribution in [2.24, 2.45) is 0 Å². The zero-order valence-corrected chi connectivity index (χ0v) is 17.2. The van der Waals surface area contributed by atoms with Crippen molar-refractivity contribution in [3.63, 3.8) is 0 Å². The first-order valence-corrected chi connectivity index (χ1v) is 10.4. The molecule has 0 unspecified atom stereocenters. The molecule has 3 rings (SSSR count). The molecule has 2 N–H and O–H groups in total. The zero-order valence-electron chi connectivity index (χ0n) is 15.6. The average Bonchev–Trinajstić information content (AvgIpc) is 3.11. The maximum Gasteiger partial charge on any atom is 0.230 e. The van der Waals surface area contributed by atoms with Gasteiger partial charge in [0.1, 0.15) is 0 Å². The van der Waals surface area contributed by atoms with Crippen molar-refractivity contribution in [1.82, 2.24) is 15.5 Å². The lowest BCUT2D eigenvalue weighted by atomic mass is 10.1. The van der Waals surface area contributed by atoms with Crippen molar-refractivity contribution in [2.45, 2.75) is 31.7 Å². The van der Waals surface area contributed by atoms with Gasteiger partial charge in [-0.1, -0.05) is 65.1 Å². The van der Waals surface area contributed by atoms with E-state index in [-0.39, 0.29) is 5.91 Å². The highest BCUT2D eigenvalue weighted by atomic mass is 32.2. The molecule has 0 aliphatic heterocycles. The van der Waals surface area contributed by atoms with Gasteiger partial charge in [0.25, 0.3) is 0 Å². The Morgan fingerprint density at radius 2 is 1.85 bits per heavy atom. The lowest BCUT2D eigenvalue weighted by Gasteiger charge is -2.08. The summed E-state index contributed by atoms with van der Waals surface area (Å²) in [5, 5.41) is 15.3. The standard InChI is InChI=1S/C20H22N4OS2/c1-13-7-9-16(10-8-13)11-21-18(25)12-26-20-24-23-19(27-20)22-17-6-4-5-14(2)15(17)3/h4-10H,11-12H2,1-3H3,(H,21,25)(H,22,23). The van der Waals surface area contributed by atoms with Gasteiger partial charge in [-0.2, -0.15) is 0 Å². The molecule has 1 heterocycles. The fraction of sp³-hybridized carbons (Fsp3) is 0.250. The summed E-state index contributed by atoms with van der Waals surface area (Å²) in [4.78, 5) is 12.0. The molecule has 0 aliphatic rings. The van der Waals surface area contributed by atoms with Crippen molar-refractivity contribution in [1.29, 1.82) is 0 Å². The van der Waals surface area contributed by atoms with Crippen LogP contribution in [0.2, 0.25) is 0 Å². The summed E-state index contributed by atoms with van der Waals surface area (Å²) in [6.07, 6.45) is 0. The normalized spacial score (nSPS) is 10.6. The van der Waals surface area contributed by atoms with Crippen LogP contribution in [0.25, 0.3) is 0 Å². The van der Waals surface area contributed by atoms with Crippen LogP contribution in [0.4, 0.5) is 10.8 Å². The van der Waals surface area contributed by atoms with E-state index in [4.69, 9.17) is 0 Å². The van der Waals surface area contributed by atoms with Crippen LogP contribution in [0.1, 0.15) is 22.3 Å². The van der Waals surface area contributed by atoms with Crippen molar-refractivity contribution in [3.05, 3.63) is 64.7 Å². The summed E-state index contributed by atoms with van der Waals surface area (Å²) in [6.45, 7) is 6.74. The van der Waals surface area contributed by atoms with Gasteiger partial charge in [0.2, 0.25) is 11.0 Å². The van der Waals surface area contributed by atoms with Gasteiger partial charge in [0, 0.05) is 12.2 Å². The Morgan fingerprint density at radius 3 is 2.63 bits per heavy atom. The lowest BCUT2D eigenvalue weighted by molar-refractivity contribution is -0.118. The second kappa shape index (κ2) is 9.01. The number of nitrogens with one attached hydrogen (secondary N) is 2. The molecule has 0 spiro atoms. The third-order valence-electron chi connectivity index (χ3n) is 4.19. The van der Waals surface area contributed by atoms with Crippen molar-refractivity contribution in [3.8, 4) is 0 Å². The molecule has 0 saturated carbocycles. The smallest absolute Gasteiger partial charge is 0.230 e. The highest BCUT2D eigenvalue weighted by Gasteiger charge is 2.09. The Hall–Kier alpha value is -2.38. The van der Waals surface area contributed by atoms with Gasteiger partial charge in [0.05, 0.1) is 5.75 Å². The SMILES string of the molecule is Cc1ccc(CNC(=O)CSc2nnc(Nc3cccc(C)c3C)s2)cc1. The summed E-state index contributed by atoms with van der Waals surface area (Å²) in [5.74, 6) is 0.309. The minimum atomic E-state index is -0.0141. The summed E-state index contributed by atoms with van der Waals surface area (Å²) in [6, 6.07) is 14.3. The molecule has 140 valence electrons. The third kappa shape index (κ3) is 5.55. The first-order valence-electron chi connectivity index (χ1n) is 8.63. The number of carbonyl (C=O) groups excluding carboxylic acids is 1. The third-order valence-corrected chi connectivity index (χ3v) is 6.16. The summed E-state index contributed by atoms with van der Waals surface area (Å²) in [5.41, 5.74) is 5.75. The first-order chi connectivity index (χ1) is 13.0. The second-order valence-electron chi connectivity index (χ2n) is 6.30. The largest absolute Gasteiger partial charge is 0.351 e. The van der Waals surface area contributed by atoms with Crippen LogP contribution in [0.3, 0.4) is 0 Å². The number of nitrogens with zero attached hydrogens (tertiary/aromatic N) is 2. The maximum absolute atomic E-state index is 12.0. The zero-order chi connectivity index (χ0) is 19.2. The minimum Gasteiger partial charge on any atom is -0.351 e. The van der Waals surface area contributed by atoms with Gasteiger partial charge in [0.15, 0.2) is 4.34 Å². The molecule has 5 nitrogen and oxygen atoms in total. The van der Waals surface area contributed by atoms with E-state index >= 15 is 0 Å². The number of aryl methyl sites for hydroxylation is 2. The van der Waals surface area contributed by atoms with Gasteiger partial charge in [-0.25, -0.2) is 0 Å². The van der Waals surface area contributed by atoms with Crippen LogP contribution in [0, 0.1) is 20.8 Å². The molecular formula is C20H22N4OS2. The van der Waals surface area contributed by atoms with E-state index < -0.39 is 0 Å². The van der Waals surface area contributed by atoms with Crippen molar-refractivity contribution < 1.29 is 4.79 Å². The highest BCUT2D eigenvalue weighted by Crippen LogP contribution is 2.29. The van der Waals surface area contributed by atoms with Crippen molar-refractivity contribution in [2.75, 3.05) is 11.1 Å². The molecule has 3 aromatic rings. The molecule has 0 aliphatic carbocycles. The number of carbonyl (C=O) groups is 1. The van der Waals surface area contributed by atoms with E-state index in [1.54, 1.807) is 0 Å². The van der Waals surface area contributed by atoms with Crippen LogP contribution in [-0.4, -0.2) is 21.9 Å². The molecule has 0 saturated heterocycles. The number of hydrogen-bond donors (Lipinski definition) is 2.